The van der Waals surface area contributed by atoms with Crippen LogP contribution in [0.1, 0.15) is 88.1 Å². The van der Waals surface area contributed by atoms with E-state index in [2.05, 4.69) is 40.7 Å². The maximum Gasteiger partial charge on any atom is 0.330 e. The molecule has 2 N–H and O–H groups in total. The van der Waals surface area contributed by atoms with E-state index >= 15 is 0 Å². The number of carbonyl (C=O) groups is 2. The smallest absolute Gasteiger partial charge is 0.330 e. The molecule has 4 nitrogen and oxygen atoms in total. The highest BCUT2D eigenvalue weighted by Crippen LogP contribution is 2.55. The topological polar surface area (TPSA) is 74.6 Å². The number of carboxylic acids is 2. The molecule has 0 spiro atoms. The van der Waals surface area contributed by atoms with Crippen molar-refractivity contribution in [2.75, 3.05) is 0 Å². The summed E-state index contributed by atoms with van der Waals surface area (Å²) in [5, 5.41) is 20.9. The summed E-state index contributed by atoms with van der Waals surface area (Å²) in [6.45, 7) is 10.6. The van der Waals surface area contributed by atoms with Crippen LogP contribution in [-0.2, 0) is 33.3 Å². The number of unbranched alkanes of at least 4 members (excludes halogenated alkanes) is 2. The molecular weight excluding hydrogens is 388 g/mol. The average molecular weight is 423 g/mol. The summed E-state index contributed by atoms with van der Waals surface area (Å²) in [4.78, 5) is 25.6. The highest BCUT2D eigenvalue weighted by molar-refractivity contribution is 6.15. The molecule has 0 saturated heterocycles. The van der Waals surface area contributed by atoms with Gasteiger partial charge in [0.25, 0.3) is 0 Å². The second kappa shape index (κ2) is 8.49. The lowest BCUT2D eigenvalue weighted by Gasteiger charge is -2.30. The fourth-order valence-electron chi connectivity index (χ4n) is 4.99. The van der Waals surface area contributed by atoms with Crippen molar-refractivity contribution >= 4 is 11.9 Å². The number of fused-ring (bicyclic) bond motifs is 3. The van der Waals surface area contributed by atoms with Crippen molar-refractivity contribution in [3.05, 3.63) is 58.1 Å². The summed E-state index contributed by atoms with van der Waals surface area (Å²) in [6, 6.07) is 9.40. The molecule has 0 aromatic heterocycles. The van der Waals surface area contributed by atoms with Gasteiger partial charge in [-0.05, 0) is 70.0 Å². The summed E-state index contributed by atoms with van der Waals surface area (Å²) >= 11 is 0. The molecule has 0 unspecified atom stereocenters. The summed E-state index contributed by atoms with van der Waals surface area (Å²) in [5.74, 6) is -2.62. The zero-order valence-corrected chi connectivity index (χ0v) is 19.3. The lowest BCUT2D eigenvalue weighted by Crippen LogP contribution is -2.44. The molecule has 1 aliphatic carbocycles. The molecular formula is C27H34O4. The first kappa shape index (κ1) is 23.1. The Kier molecular flexibility index (Phi) is 6.31. The molecule has 3 rings (SSSR count). The number of aliphatic carboxylic acids is 2. The molecule has 2 aromatic rings. The monoisotopic (exact) mass is 422 g/mol. The van der Waals surface area contributed by atoms with Crippen molar-refractivity contribution < 1.29 is 19.8 Å². The first-order valence-electron chi connectivity index (χ1n) is 11.4. The van der Waals surface area contributed by atoms with Crippen LogP contribution in [0.25, 0.3) is 11.1 Å². The number of benzene rings is 2. The maximum absolute atomic E-state index is 12.8. The Hall–Kier alpha value is -2.62. The number of hydrogen-bond donors (Lipinski definition) is 2. The molecule has 0 aliphatic heterocycles. The van der Waals surface area contributed by atoms with Crippen LogP contribution in [0.15, 0.2) is 30.3 Å². The lowest BCUT2D eigenvalue weighted by atomic mass is 9.71. The molecule has 166 valence electrons. The van der Waals surface area contributed by atoms with Gasteiger partial charge in [-0.1, -0.05) is 77.8 Å². The minimum Gasteiger partial charge on any atom is -0.480 e. The van der Waals surface area contributed by atoms with E-state index in [-0.39, 0.29) is 5.41 Å². The van der Waals surface area contributed by atoms with Crippen LogP contribution in [0, 0.1) is 0 Å². The summed E-state index contributed by atoms with van der Waals surface area (Å²) in [5.41, 5.74) is 3.18. The van der Waals surface area contributed by atoms with Gasteiger partial charge in [0.1, 0.15) is 0 Å². The Morgan fingerprint density at radius 3 is 2.06 bits per heavy atom. The van der Waals surface area contributed by atoms with Gasteiger partial charge in [-0.2, -0.15) is 0 Å². The number of aryl methyl sites for hydroxylation is 1. The Labute approximate surface area is 185 Å². The second-order valence-electron chi connectivity index (χ2n) is 9.67. The SMILES string of the molecule is CCCCc1cc(C(C)(C)C)c2c(c1CCCC)C(C(=O)O)(C(=O)O)c1ccccc1-2. The zero-order chi connectivity index (χ0) is 23.0. The average Bonchev–Trinajstić information content (AvgIpc) is 3.02. The minimum absolute atomic E-state index is 0.255. The van der Waals surface area contributed by atoms with Gasteiger partial charge in [0, 0.05) is 0 Å². The molecule has 0 saturated carbocycles. The van der Waals surface area contributed by atoms with Gasteiger partial charge in [0.15, 0.2) is 0 Å². The van der Waals surface area contributed by atoms with Crippen molar-refractivity contribution in [1.29, 1.82) is 0 Å². The van der Waals surface area contributed by atoms with E-state index in [4.69, 9.17) is 0 Å². The Morgan fingerprint density at radius 2 is 1.52 bits per heavy atom. The number of carboxylic acid groups (broad SMARTS) is 2. The highest BCUT2D eigenvalue weighted by Gasteiger charge is 2.58. The van der Waals surface area contributed by atoms with Crippen molar-refractivity contribution in [1.82, 2.24) is 0 Å². The molecule has 0 bridgehead atoms. The van der Waals surface area contributed by atoms with E-state index in [1.54, 1.807) is 12.1 Å². The third-order valence-electron chi connectivity index (χ3n) is 6.53. The molecule has 31 heavy (non-hydrogen) atoms. The van der Waals surface area contributed by atoms with Crippen LogP contribution in [0.2, 0.25) is 0 Å². The van der Waals surface area contributed by atoms with Crippen LogP contribution < -0.4 is 0 Å². The van der Waals surface area contributed by atoms with Crippen LogP contribution in [-0.4, -0.2) is 22.2 Å². The molecule has 2 aromatic carbocycles. The Morgan fingerprint density at radius 1 is 0.935 bits per heavy atom. The van der Waals surface area contributed by atoms with Gasteiger partial charge < -0.3 is 10.2 Å². The molecule has 0 amide bonds. The molecule has 0 heterocycles. The van der Waals surface area contributed by atoms with Crippen LogP contribution in [0.3, 0.4) is 0 Å². The molecule has 0 radical (unpaired) electrons. The van der Waals surface area contributed by atoms with E-state index in [0.717, 1.165) is 59.9 Å². The van der Waals surface area contributed by atoms with Crippen LogP contribution >= 0.6 is 0 Å². The van der Waals surface area contributed by atoms with Gasteiger partial charge in [0.05, 0.1) is 0 Å². The Balaban J connectivity index is 2.55. The molecule has 0 atom stereocenters. The van der Waals surface area contributed by atoms with Gasteiger partial charge >= 0.3 is 11.9 Å². The van der Waals surface area contributed by atoms with Gasteiger partial charge in [0.2, 0.25) is 5.41 Å². The first-order valence-corrected chi connectivity index (χ1v) is 11.4. The van der Waals surface area contributed by atoms with E-state index in [1.807, 2.05) is 12.1 Å². The first-order chi connectivity index (χ1) is 14.6. The van der Waals surface area contributed by atoms with E-state index < -0.39 is 17.4 Å². The summed E-state index contributed by atoms with van der Waals surface area (Å²) < 4.78 is 0. The normalized spacial score (nSPS) is 14.2. The largest absolute Gasteiger partial charge is 0.480 e. The Bertz CT molecular complexity index is 997. The lowest BCUT2D eigenvalue weighted by molar-refractivity contribution is -0.155. The van der Waals surface area contributed by atoms with Gasteiger partial charge in [-0.3, -0.25) is 9.59 Å². The predicted octanol–water partition coefficient (Wildman–Crippen LogP) is 6.11. The number of hydrogen-bond acceptors (Lipinski definition) is 2. The van der Waals surface area contributed by atoms with Crippen LogP contribution in [0.4, 0.5) is 0 Å². The molecule has 0 fully saturated rings. The second-order valence-corrected chi connectivity index (χ2v) is 9.67. The van der Waals surface area contributed by atoms with E-state index in [1.165, 1.54) is 0 Å². The fourth-order valence-corrected chi connectivity index (χ4v) is 4.99. The van der Waals surface area contributed by atoms with E-state index in [0.29, 0.717) is 17.5 Å². The maximum atomic E-state index is 12.8. The highest BCUT2D eigenvalue weighted by atomic mass is 16.4. The fraction of sp³-hybridized carbons (Fsp3) is 0.481. The van der Waals surface area contributed by atoms with Crippen molar-refractivity contribution in [2.24, 2.45) is 0 Å². The summed E-state index contributed by atoms with van der Waals surface area (Å²) in [6.07, 6.45) is 5.39. The van der Waals surface area contributed by atoms with Crippen molar-refractivity contribution in [3.63, 3.8) is 0 Å². The molecule has 4 heteroatoms. The predicted molar refractivity (Wildman–Crippen MR) is 124 cm³/mol. The van der Waals surface area contributed by atoms with Crippen molar-refractivity contribution in [3.8, 4) is 11.1 Å². The van der Waals surface area contributed by atoms with Crippen molar-refractivity contribution in [2.45, 2.75) is 84.0 Å². The number of rotatable bonds is 8. The standard InChI is InChI=1S/C27H34O4/c1-6-8-12-17-16-21(26(3,4)5)22-19-14-10-11-15-20(19)27(24(28)29,25(30)31)23(22)18(17)13-9-7-2/h10-11,14-16H,6-9,12-13H2,1-5H3,(H,28,29)(H,30,31). The molecule has 1 aliphatic rings. The van der Waals surface area contributed by atoms with Gasteiger partial charge in [-0.25, -0.2) is 0 Å². The van der Waals surface area contributed by atoms with Gasteiger partial charge in [-0.15, -0.1) is 0 Å². The van der Waals surface area contributed by atoms with E-state index in [9.17, 15) is 19.8 Å². The summed E-state index contributed by atoms with van der Waals surface area (Å²) in [7, 11) is 0. The minimum atomic E-state index is -2.07. The zero-order valence-electron chi connectivity index (χ0n) is 19.3. The third-order valence-corrected chi connectivity index (χ3v) is 6.53. The quantitative estimate of drug-likeness (QED) is 0.504. The van der Waals surface area contributed by atoms with Crippen LogP contribution in [0.5, 0.6) is 0 Å². The third kappa shape index (κ3) is 3.56.